The first-order valence-corrected chi connectivity index (χ1v) is 8.53. The second-order valence-corrected chi connectivity index (χ2v) is 6.98. The van der Waals surface area contributed by atoms with Gasteiger partial charge in [-0.15, -0.1) is 0 Å². The first-order chi connectivity index (χ1) is 9.51. The fraction of sp³-hybridized carbons (Fsp3) is 0.200. The number of benzene rings is 2. The van der Waals surface area contributed by atoms with Crippen molar-refractivity contribution in [3.8, 4) is 5.75 Å². The predicted molar refractivity (Wildman–Crippen MR) is 93.2 cm³/mol. The van der Waals surface area contributed by atoms with Crippen molar-refractivity contribution in [3.05, 3.63) is 60.9 Å². The van der Waals surface area contributed by atoms with Crippen LogP contribution in [0.15, 0.2) is 49.8 Å². The second kappa shape index (κ2) is 7.07. The molecule has 0 heterocycles. The van der Waals surface area contributed by atoms with Gasteiger partial charge < -0.3 is 10.5 Å². The van der Waals surface area contributed by atoms with Gasteiger partial charge in [0.25, 0.3) is 0 Å². The molecule has 2 aromatic rings. The number of hydrogen-bond donors (Lipinski definition) is 1. The highest BCUT2D eigenvalue weighted by Gasteiger charge is 2.14. The second-order valence-electron chi connectivity index (χ2n) is 4.30. The Morgan fingerprint density at radius 1 is 1.05 bits per heavy atom. The van der Waals surface area contributed by atoms with Crippen LogP contribution in [0, 0.1) is 0 Å². The molecule has 2 aromatic carbocycles. The number of rotatable bonds is 4. The minimum Gasteiger partial charge on any atom is -0.494 e. The van der Waals surface area contributed by atoms with Crippen molar-refractivity contribution in [2.24, 2.45) is 5.73 Å². The summed E-state index contributed by atoms with van der Waals surface area (Å²) in [6.07, 6.45) is 0. The molecule has 0 aliphatic heterocycles. The van der Waals surface area contributed by atoms with Crippen molar-refractivity contribution >= 4 is 47.8 Å². The summed E-state index contributed by atoms with van der Waals surface area (Å²) in [6, 6.07) is 11.7. The molecule has 0 aliphatic rings. The van der Waals surface area contributed by atoms with Crippen LogP contribution < -0.4 is 10.5 Å². The van der Waals surface area contributed by atoms with E-state index in [0.717, 1.165) is 30.3 Å². The highest BCUT2D eigenvalue weighted by Crippen LogP contribution is 2.32. The molecule has 2 rings (SSSR count). The van der Waals surface area contributed by atoms with E-state index in [4.69, 9.17) is 10.5 Å². The third-order valence-corrected chi connectivity index (χ3v) is 4.46. The van der Waals surface area contributed by atoms with Crippen LogP contribution in [0.2, 0.25) is 0 Å². The van der Waals surface area contributed by atoms with E-state index in [1.54, 1.807) is 0 Å². The molecule has 1 unspecified atom stereocenters. The van der Waals surface area contributed by atoms with Gasteiger partial charge in [-0.3, -0.25) is 0 Å². The van der Waals surface area contributed by atoms with E-state index in [-0.39, 0.29) is 6.04 Å². The van der Waals surface area contributed by atoms with E-state index >= 15 is 0 Å². The average Bonchev–Trinajstić information content (AvgIpc) is 2.37. The Morgan fingerprint density at radius 3 is 2.25 bits per heavy atom. The molecule has 0 saturated carbocycles. The van der Waals surface area contributed by atoms with Crippen LogP contribution in [0.3, 0.4) is 0 Å². The van der Waals surface area contributed by atoms with Crippen LogP contribution in [-0.4, -0.2) is 6.61 Å². The zero-order chi connectivity index (χ0) is 14.7. The highest BCUT2D eigenvalue weighted by atomic mass is 79.9. The molecule has 2 N–H and O–H groups in total. The summed E-state index contributed by atoms with van der Waals surface area (Å²) in [5.41, 5.74) is 8.43. The fourth-order valence-electron chi connectivity index (χ4n) is 1.95. The molecule has 2 nitrogen and oxygen atoms in total. The van der Waals surface area contributed by atoms with Crippen LogP contribution >= 0.6 is 47.8 Å². The first-order valence-electron chi connectivity index (χ1n) is 6.15. The van der Waals surface area contributed by atoms with E-state index in [0.29, 0.717) is 6.61 Å². The van der Waals surface area contributed by atoms with Crippen molar-refractivity contribution in [2.75, 3.05) is 6.61 Å². The number of halogens is 3. The minimum atomic E-state index is -0.200. The molecule has 1 atom stereocenters. The summed E-state index contributed by atoms with van der Waals surface area (Å²) in [6.45, 7) is 2.61. The number of hydrogen-bond acceptors (Lipinski definition) is 2. The average molecular weight is 464 g/mol. The van der Waals surface area contributed by atoms with Gasteiger partial charge in [-0.1, -0.05) is 53.9 Å². The van der Waals surface area contributed by atoms with E-state index in [1.165, 1.54) is 0 Å². The lowest BCUT2D eigenvalue weighted by atomic mass is 10.00. The van der Waals surface area contributed by atoms with Gasteiger partial charge in [0.2, 0.25) is 0 Å². The first kappa shape index (κ1) is 16.0. The summed E-state index contributed by atoms with van der Waals surface area (Å²) < 4.78 is 8.43. The Bertz CT molecular complexity index is 596. The smallest absolute Gasteiger partial charge is 0.120 e. The summed E-state index contributed by atoms with van der Waals surface area (Å²) >= 11 is 10.5. The van der Waals surface area contributed by atoms with Crippen molar-refractivity contribution in [2.45, 2.75) is 13.0 Å². The van der Waals surface area contributed by atoms with Gasteiger partial charge in [0.1, 0.15) is 5.75 Å². The summed E-state index contributed by atoms with van der Waals surface area (Å²) in [7, 11) is 0. The van der Waals surface area contributed by atoms with E-state index in [9.17, 15) is 0 Å². The third-order valence-electron chi connectivity index (χ3n) is 2.86. The lowest BCUT2D eigenvalue weighted by Gasteiger charge is -2.16. The van der Waals surface area contributed by atoms with Crippen LogP contribution in [-0.2, 0) is 0 Å². The quantitative estimate of drug-likeness (QED) is 0.657. The van der Waals surface area contributed by atoms with E-state index in [1.807, 2.05) is 43.3 Å². The molecule has 0 amide bonds. The lowest BCUT2D eigenvalue weighted by molar-refractivity contribution is 0.340. The maximum atomic E-state index is 6.37. The number of ether oxygens (including phenoxy) is 1. The highest BCUT2D eigenvalue weighted by molar-refractivity contribution is 9.11. The fourth-order valence-corrected chi connectivity index (χ4v) is 3.88. The maximum absolute atomic E-state index is 6.37. The topological polar surface area (TPSA) is 35.2 Å². The molecule has 20 heavy (non-hydrogen) atoms. The largest absolute Gasteiger partial charge is 0.494 e. The van der Waals surface area contributed by atoms with Gasteiger partial charge in [-0.2, -0.15) is 0 Å². The molecule has 0 radical (unpaired) electrons. The zero-order valence-corrected chi connectivity index (χ0v) is 15.6. The number of nitrogens with two attached hydrogens (primary N) is 1. The van der Waals surface area contributed by atoms with Gasteiger partial charge in [0.15, 0.2) is 0 Å². The molecule has 5 heteroatoms. The van der Waals surface area contributed by atoms with E-state index in [2.05, 4.69) is 47.8 Å². The Hall–Kier alpha value is -0.360. The summed E-state index contributed by atoms with van der Waals surface area (Å²) in [5.74, 6) is 0.839. The molecule has 0 aromatic heterocycles. The van der Waals surface area contributed by atoms with E-state index < -0.39 is 0 Å². The Balaban J connectivity index is 2.35. The van der Waals surface area contributed by atoms with Crippen molar-refractivity contribution in [1.82, 2.24) is 0 Å². The molecule has 0 spiro atoms. The van der Waals surface area contributed by atoms with Gasteiger partial charge in [0, 0.05) is 13.4 Å². The monoisotopic (exact) mass is 461 g/mol. The molecule has 106 valence electrons. The van der Waals surface area contributed by atoms with Crippen LogP contribution in [0.25, 0.3) is 0 Å². The molecule has 0 fully saturated rings. The van der Waals surface area contributed by atoms with Gasteiger partial charge in [-0.25, -0.2) is 0 Å². The van der Waals surface area contributed by atoms with Crippen LogP contribution in [0.1, 0.15) is 24.1 Å². The zero-order valence-electron chi connectivity index (χ0n) is 10.9. The Labute approximate surface area is 144 Å². The standard InChI is InChI=1S/C15H14Br3NO/c1-2-20-12-3-4-13(14(18)8-12)15(19)9-5-10(16)7-11(17)6-9/h3-8,15H,2,19H2,1H3. The summed E-state index contributed by atoms with van der Waals surface area (Å²) in [5, 5.41) is 0. The van der Waals surface area contributed by atoms with Crippen LogP contribution in [0.5, 0.6) is 5.75 Å². The maximum Gasteiger partial charge on any atom is 0.120 e. The normalized spacial score (nSPS) is 12.2. The molecule has 0 aliphatic carbocycles. The molecular formula is C15H14Br3NO. The molecular weight excluding hydrogens is 450 g/mol. The van der Waals surface area contributed by atoms with Gasteiger partial charge in [-0.05, 0) is 48.4 Å². The minimum absolute atomic E-state index is 0.200. The lowest BCUT2D eigenvalue weighted by Crippen LogP contribution is -2.12. The van der Waals surface area contributed by atoms with Crippen LogP contribution in [0.4, 0.5) is 0 Å². The Kier molecular flexibility index (Phi) is 5.66. The van der Waals surface area contributed by atoms with Gasteiger partial charge in [0.05, 0.1) is 12.6 Å². The SMILES string of the molecule is CCOc1ccc(C(N)c2cc(Br)cc(Br)c2)c(Br)c1. The van der Waals surface area contributed by atoms with Crippen molar-refractivity contribution < 1.29 is 4.74 Å². The van der Waals surface area contributed by atoms with Crippen molar-refractivity contribution in [1.29, 1.82) is 0 Å². The molecule has 0 saturated heterocycles. The van der Waals surface area contributed by atoms with Crippen molar-refractivity contribution in [3.63, 3.8) is 0 Å². The third kappa shape index (κ3) is 3.85. The summed E-state index contributed by atoms with van der Waals surface area (Å²) in [4.78, 5) is 0. The molecule has 0 bridgehead atoms. The Morgan fingerprint density at radius 2 is 1.70 bits per heavy atom. The predicted octanol–water partition coefficient (Wildman–Crippen LogP) is 5.42. The van der Waals surface area contributed by atoms with Gasteiger partial charge >= 0.3 is 0 Å².